The second kappa shape index (κ2) is 7.67. The lowest BCUT2D eigenvalue weighted by Crippen LogP contribution is -2.21. The van der Waals surface area contributed by atoms with E-state index in [0.717, 1.165) is 17.5 Å². The summed E-state index contributed by atoms with van der Waals surface area (Å²) in [6.45, 7) is 2.73. The standard InChI is InChI=1S/C18H19ClN4O3S/c1-3-10-23-15-7-5-4-6-14(15)21-18(23)22-17(24)12-8-9-13(19)16(11-12)27(25,26)20-2/h4-9,11,20H,3,10H2,1-2H3,(H,21,22,24). The maximum atomic E-state index is 12.7. The fourth-order valence-electron chi connectivity index (χ4n) is 2.76. The molecule has 0 saturated carbocycles. The van der Waals surface area contributed by atoms with Crippen LogP contribution in [0.1, 0.15) is 23.7 Å². The molecule has 0 aliphatic carbocycles. The van der Waals surface area contributed by atoms with Gasteiger partial charge in [0.15, 0.2) is 0 Å². The largest absolute Gasteiger partial charge is 0.310 e. The number of hydrogen-bond donors (Lipinski definition) is 2. The zero-order chi connectivity index (χ0) is 19.6. The number of benzene rings is 2. The van der Waals surface area contributed by atoms with Gasteiger partial charge in [0.1, 0.15) is 4.90 Å². The first-order valence-corrected chi connectivity index (χ1v) is 10.2. The Morgan fingerprint density at radius 1 is 1.22 bits per heavy atom. The Kier molecular flexibility index (Phi) is 5.50. The molecule has 0 aliphatic rings. The van der Waals surface area contributed by atoms with Gasteiger partial charge in [-0.05, 0) is 43.8 Å². The monoisotopic (exact) mass is 406 g/mol. The van der Waals surface area contributed by atoms with Crippen molar-refractivity contribution in [2.45, 2.75) is 24.8 Å². The van der Waals surface area contributed by atoms with Crippen LogP contribution in [0.3, 0.4) is 0 Å². The number of carbonyl (C=O) groups excluding carboxylic acids is 1. The molecule has 1 amide bonds. The molecule has 0 fully saturated rings. The summed E-state index contributed by atoms with van der Waals surface area (Å²) in [5.74, 6) is -0.0529. The minimum atomic E-state index is -3.78. The molecule has 0 saturated heterocycles. The minimum Gasteiger partial charge on any atom is -0.310 e. The van der Waals surface area contributed by atoms with Crippen LogP contribution in [0.4, 0.5) is 5.95 Å². The topological polar surface area (TPSA) is 93.1 Å². The first-order chi connectivity index (χ1) is 12.9. The molecule has 0 bridgehead atoms. The van der Waals surface area contributed by atoms with E-state index in [1.54, 1.807) is 0 Å². The van der Waals surface area contributed by atoms with Crippen molar-refractivity contribution in [3.63, 3.8) is 0 Å². The summed E-state index contributed by atoms with van der Waals surface area (Å²) in [5.41, 5.74) is 1.86. The Morgan fingerprint density at radius 2 is 1.96 bits per heavy atom. The molecule has 142 valence electrons. The molecule has 2 N–H and O–H groups in total. The highest BCUT2D eigenvalue weighted by Crippen LogP contribution is 2.24. The lowest BCUT2D eigenvalue weighted by atomic mass is 10.2. The van der Waals surface area contributed by atoms with Gasteiger partial charge in [0.2, 0.25) is 16.0 Å². The number of imidazole rings is 1. The van der Waals surface area contributed by atoms with Crippen molar-refractivity contribution < 1.29 is 13.2 Å². The molecule has 1 aromatic heterocycles. The summed E-state index contributed by atoms with van der Waals surface area (Å²) in [7, 11) is -2.49. The van der Waals surface area contributed by atoms with Gasteiger partial charge in [0.25, 0.3) is 5.91 Å². The molecule has 0 unspecified atom stereocenters. The Hall–Kier alpha value is -2.42. The fourth-order valence-corrected chi connectivity index (χ4v) is 4.00. The molecule has 1 heterocycles. The first-order valence-electron chi connectivity index (χ1n) is 8.37. The highest BCUT2D eigenvalue weighted by atomic mass is 35.5. The fraction of sp³-hybridized carbons (Fsp3) is 0.222. The molecule has 2 aromatic carbocycles. The summed E-state index contributed by atoms with van der Waals surface area (Å²) in [4.78, 5) is 17.0. The second-order valence-corrected chi connectivity index (χ2v) is 8.14. The summed E-state index contributed by atoms with van der Waals surface area (Å²) < 4.78 is 28.3. The van der Waals surface area contributed by atoms with Gasteiger partial charge in [-0.3, -0.25) is 10.1 Å². The molecule has 9 heteroatoms. The van der Waals surface area contributed by atoms with E-state index < -0.39 is 15.9 Å². The summed E-state index contributed by atoms with van der Waals surface area (Å²) in [6, 6.07) is 11.7. The average molecular weight is 407 g/mol. The molecule has 0 atom stereocenters. The van der Waals surface area contributed by atoms with Gasteiger partial charge < -0.3 is 4.57 Å². The van der Waals surface area contributed by atoms with Gasteiger partial charge in [0, 0.05) is 12.1 Å². The van der Waals surface area contributed by atoms with Crippen LogP contribution in [0.5, 0.6) is 0 Å². The first kappa shape index (κ1) is 19.3. The molecule has 0 spiro atoms. The third-order valence-corrected chi connectivity index (χ3v) is 5.97. The van der Waals surface area contributed by atoms with Crippen molar-refractivity contribution in [2.75, 3.05) is 12.4 Å². The minimum absolute atomic E-state index is 0.0409. The van der Waals surface area contributed by atoms with E-state index in [9.17, 15) is 13.2 Å². The quantitative estimate of drug-likeness (QED) is 0.657. The van der Waals surface area contributed by atoms with Gasteiger partial charge in [0.05, 0.1) is 16.1 Å². The number of halogens is 1. The van der Waals surface area contributed by atoms with Crippen LogP contribution in [0.25, 0.3) is 11.0 Å². The highest BCUT2D eigenvalue weighted by Gasteiger charge is 2.20. The molecular weight excluding hydrogens is 388 g/mol. The lowest BCUT2D eigenvalue weighted by molar-refractivity contribution is 0.102. The Bertz CT molecular complexity index is 1110. The number of fused-ring (bicyclic) bond motifs is 1. The number of aromatic nitrogens is 2. The van der Waals surface area contributed by atoms with Crippen molar-refractivity contribution in [3.05, 3.63) is 53.1 Å². The van der Waals surface area contributed by atoms with Gasteiger partial charge in [-0.1, -0.05) is 30.7 Å². The van der Waals surface area contributed by atoms with E-state index in [1.165, 1.54) is 25.2 Å². The van der Waals surface area contributed by atoms with Crippen LogP contribution in [0, 0.1) is 0 Å². The number of sulfonamides is 1. The van der Waals surface area contributed by atoms with Crippen molar-refractivity contribution >= 4 is 44.5 Å². The average Bonchev–Trinajstić information content (AvgIpc) is 2.99. The summed E-state index contributed by atoms with van der Waals surface area (Å²) in [6.07, 6.45) is 0.870. The molecule has 3 aromatic rings. The number of aryl methyl sites for hydroxylation is 1. The number of para-hydroxylation sites is 2. The molecule has 3 rings (SSSR count). The third-order valence-electron chi connectivity index (χ3n) is 4.08. The Morgan fingerprint density at radius 3 is 2.67 bits per heavy atom. The third kappa shape index (κ3) is 3.83. The number of carbonyl (C=O) groups is 1. The predicted molar refractivity (Wildman–Crippen MR) is 106 cm³/mol. The molecule has 7 nitrogen and oxygen atoms in total. The number of nitrogens with one attached hydrogen (secondary N) is 2. The zero-order valence-electron chi connectivity index (χ0n) is 14.9. The van der Waals surface area contributed by atoms with Crippen LogP contribution in [-0.4, -0.2) is 30.9 Å². The van der Waals surface area contributed by atoms with Gasteiger partial charge >= 0.3 is 0 Å². The number of anilines is 1. The second-order valence-electron chi connectivity index (χ2n) is 5.88. The zero-order valence-corrected chi connectivity index (χ0v) is 16.4. The van der Waals surface area contributed by atoms with Gasteiger partial charge in [-0.15, -0.1) is 0 Å². The number of hydrogen-bond acceptors (Lipinski definition) is 4. The SMILES string of the molecule is CCCn1c(NC(=O)c2ccc(Cl)c(S(=O)(=O)NC)c2)nc2ccccc21. The highest BCUT2D eigenvalue weighted by molar-refractivity contribution is 7.89. The van der Waals surface area contributed by atoms with Crippen molar-refractivity contribution in [2.24, 2.45) is 0 Å². The smallest absolute Gasteiger partial charge is 0.258 e. The molecule has 0 radical (unpaired) electrons. The van der Waals surface area contributed by atoms with E-state index >= 15 is 0 Å². The maximum absolute atomic E-state index is 12.7. The van der Waals surface area contributed by atoms with Gasteiger partial charge in [-0.2, -0.15) is 0 Å². The van der Waals surface area contributed by atoms with Crippen LogP contribution in [0.2, 0.25) is 5.02 Å². The number of amides is 1. The van der Waals surface area contributed by atoms with Crippen molar-refractivity contribution in [3.8, 4) is 0 Å². The number of rotatable bonds is 6. The lowest BCUT2D eigenvalue weighted by Gasteiger charge is -2.10. The van der Waals surface area contributed by atoms with Crippen molar-refractivity contribution in [1.82, 2.24) is 14.3 Å². The molecular formula is C18H19ClN4O3S. The van der Waals surface area contributed by atoms with Crippen LogP contribution in [0.15, 0.2) is 47.4 Å². The Balaban J connectivity index is 1.98. The van der Waals surface area contributed by atoms with E-state index in [-0.39, 0.29) is 15.5 Å². The van der Waals surface area contributed by atoms with Crippen LogP contribution in [-0.2, 0) is 16.6 Å². The Labute approximate surface area is 162 Å². The van der Waals surface area contributed by atoms with Crippen LogP contribution < -0.4 is 10.0 Å². The van der Waals surface area contributed by atoms with E-state index in [1.807, 2.05) is 35.8 Å². The van der Waals surface area contributed by atoms with E-state index in [2.05, 4.69) is 15.0 Å². The summed E-state index contributed by atoms with van der Waals surface area (Å²) >= 11 is 5.98. The van der Waals surface area contributed by atoms with E-state index in [4.69, 9.17) is 11.6 Å². The predicted octanol–water partition coefficient (Wildman–Crippen LogP) is 3.26. The summed E-state index contributed by atoms with van der Waals surface area (Å²) in [5, 5.41) is 2.81. The number of nitrogens with zero attached hydrogens (tertiary/aromatic N) is 2. The normalized spacial score (nSPS) is 11.7. The van der Waals surface area contributed by atoms with Crippen LogP contribution >= 0.6 is 11.6 Å². The van der Waals surface area contributed by atoms with Gasteiger partial charge in [-0.25, -0.2) is 18.1 Å². The molecule has 27 heavy (non-hydrogen) atoms. The van der Waals surface area contributed by atoms with Crippen molar-refractivity contribution in [1.29, 1.82) is 0 Å². The maximum Gasteiger partial charge on any atom is 0.258 e. The van der Waals surface area contributed by atoms with E-state index in [0.29, 0.717) is 12.5 Å². The molecule has 0 aliphatic heterocycles.